The third-order valence-electron chi connectivity index (χ3n) is 2.21. The van der Waals surface area contributed by atoms with Crippen LogP contribution in [-0.4, -0.2) is 17.6 Å². The van der Waals surface area contributed by atoms with Gasteiger partial charge in [0.1, 0.15) is 11.6 Å². The van der Waals surface area contributed by atoms with E-state index in [0.717, 1.165) is 18.2 Å². The minimum absolute atomic E-state index is 0.0504. The van der Waals surface area contributed by atoms with Gasteiger partial charge in [0.15, 0.2) is 0 Å². The molecule has 2 N–H and O–H groups in total. The fourth-order valence-corrected chi connectivity index (χ4v) is 1.27. The van der Waals surface area contributed by atoms with Crippen LogP contribution in [0, 0.1) is 17.6 Å². The molecule has 1 unspecified atom stereocenters. The van der Waals surface area contributed by atoms with Gasteiger partial charge in [-0.1, -0.05) is 6.92 Å². The Bertz CT molecular complexity index is 358. The number of anilines is 1. The molecule has 0 heterocycles. The van der Waals surface area contributed by atoms with Crippen LogP contribution in [0.3, 0.4) is 0 Å². The largest absolute Gasteiger partial charge is 0.396 e. The number of benzene rings is 1. The van der Waals surface area contributed by atoms with Crippen molar-refractivity contribution in [3.8, 4) is 0 Å². The maximum Gasteiger partial charge on any atom is 0.229 e. The number of aliphatic hydroxyl groups is 1. The Morgan fingerprint density at radius 1 is 1.38 bits per heavy atom. The first-order valence-corrected chi connectivity index (χ1v) is 4.94. The zero-order valence-corrected chi connectivity index (χ0v) is 8.84. The summed E-state index contributed by atoms with van der Waals surface area (Å²) in [6.45, 7) is 1.45. The molecule has 0 spiro atoms. The van der Waals surface area contributed by atoms with Gasteiger partial charge in [0, 0.05) is 11.8 Å². The van der Waals surface area contributed by atoms with Crippen LogP contribution in [0.4, 0.5) is 14.5 Å². The van der Waals surface area contributed by atoms with E-state index in [4.69, 9.17) is 5.11 Å². The highest BCUT2D eigenvalue weighted by atomic mass is 19.1. The topological polar surface area (TPSA) is 49.3 Å². The molecule has 5 heteroatoms. The lowest BCUT2D eigenvalue weighted by molar-refractivity contribution is -0.121. The van der Waals surface area contributed by atoms with E-state index in [0.29, 0.717) is 6.42 Å². The lowest BCUT2D eigenvalue weighted by atomic mass is 10.1. The standard InChI is InChI=1S/C11H13F2NO2/c1-2-7(6-15)11(16)14-10-4-8(12)3-9(13)5-10/h3-5,7,15H,2,6H2,1H3,(H,14,16). The Morgan fingerprint density at radius 2 is 1.94 bits per heavy atom. The van der Waals surface area contributed by atoms with Crippen molar-refractivity contribution in [2.24, 2.45) is 5.92 Å². The van der Waals surface area contributed by atoms with Gasteiger partial charge in [-0.2, -0.15) is 0 Å². The molecule has 0 aliphatic carbocycles. The zero-order valence-electron chi connectivity index (χ0n) is 8.84. The highest BCUT2D eigenvalue weighted by Crippen LogP contribution is 2.14. The molecule has 0 aliphatic heterocycles. The van der Waals surface area contributed by atoms with E-state index >= 15 is 0 Å². The molecule has 0 aromatic heterocycles. The van der Waals surface area contributed by atoms with E-state index in [1.54, 1.807) is 6.92 Å². The fraction of sp³-hybridized carbons (Fsp3) is 0.364. The summed E-state index contributed by atoms with van der Waals surface area (Å²) >= 11 is 0. The van der Waals surface area contributed by atoms with Crippen molar-refractivity contribution in [1.82, 2.24) is 0 Å². The van der Waals surface area contributed by atoms with Crippen LogP contribution < -0.4 is 5.32 Å². The Labute approximate surface area is 92.1 Å². The number of nitrogens with one attached hydrogen (secondary N) is 1. The first kappa shape index (κ1) is 12.6. The monoisotopic (exact) mass is 229 g/mol. The summed E-state index contributed by atoms with van der Waals surface area (Å²) in [5, 5.41) is 11.2. The Hall–Kier alpha value is -1.49. The molecule has 16 heavy (non-hydrogen) atoms. The van der Waals surface area contributed by atoms with Crippen LogP contribution in [0.15, 0.2) is 18.2 Å². The first-order valence-electron chi connectivity index (χ1n) is 4.94. The predicted molar refractivity (Wildman–Crippen MR) is 55.9 cm³/mol. The SMILES string of the molecule is CCC(CO)C(=O)Nc1cc(F)cc(F)c1. The molecule has 0 radical (unpaired) electrons. The summed E-state index contributed by atoms with van der Waals surface area (Å²) in [6, 6.07) is 2.76. The van der Waals surface area contributed by atoms with Gasteiger partial charge in [0.25, 0.3) is 0 Å². The first-order chi connectivity index (χ1) is 7.56. The van der Waals surface area contributed by atoms with E-state index in [1.165, 1.54) is 0 Å². The van der Waals surface area contributed by atoms with Gasteiger partial charge in [0.2, 0.25) is 5.91 Å². The Morgan fingerprint density at radius 3 is 2.38 bits per heavy atom. The smallest absolute Gasteiger partial charge is 0.229 e. The predicted octanol–water partition coefficient (Wildman–Crippen LogP) is 1.92. The molecule has 3 nitrogen and oxygen atoms in total. The van der Waals surface area contributed by atoms with E-state index in [9.17, 15) is 13.6 Å². The molecule has 0 aliphatic rings. The average molecular weight is 229 g/mol. The van der Waals surface area contributed by atoms with E-state index < -0.39 is 23.5 Å². The summed E-state index contributed by atoms with van der Waals surface area (Å²) in [5.74, 6) is -2.53. The number of rotatable bonds is 4. The number of aliphatic hydroxyl groups excluding tert-OH is 1. The summed E-state index contributed by atoms with van der Waals surface area (Å²) < 4.78 is 25.6. The van der Waals surface area contributed by atoms with Crippen LogP contribution in [0.2, 0.25) is 0 Å². The molecule has 1 rings (SSSR count). The van der Waals surface area contributed by atoms with Crippen molar-refractivity contribution in [2.75, 3.05) is 11.9 Å². The molecule has 1 amide bonds. The van der Waals surface area contributed by atoms with Crippen LogP contribution in [0.5, 0.6) is 0 Å². The second kappa shape index (κ2) is 5.55. The molecule has 1 aromatic carbocycles. The van der Waals surface area contributed by atoms with Gasteiger partial charge in [-0.3, -0.25) is 4.79 Å². The molecule has 1 atom stereocenters. The van der Waals surface area contributed by atoms with Crippen molar-refractivity contribution in [3.05, 3.63) is 29.8 Å². The van der Waals surface area contributed by atoms with Crippen LogP contribution >= 0.6 is 0 Å². The average Bonchev–Trinajstić information content (AvgIpc) is 2.17. The van der Waals surface area contributed by atoms with E-state index in [1.807, 2.05) is 0 Å². The van der Waals surface area contributed by atoms with Crippen molar-refractivity contribution < 1.29 is 18.7 Å². The highest BCUT2D eigenvalue weighted by Gasteiger charge is 2.15. The molecule has 0 saturated carbocycles. The maximum atomic E-state index is 12.8. The summed E-state index contributed by atoms with van der Waals surface area (Å²) in [5.41, 5.74) is 0.0504. The number of carbonyl (C=O) groups is 1. The Balaban J connectivity index is 2.76. The van der Waals surface area contributed by atoms with Crippen molar-refractivity contribution in [1.29, 1.82) is 0 Å². The second-order valence-electron chi connectivity index (χ2n) is 3.44. The summed E-state index contributed by atoms with van der Waals surface area (Å²) in [6.07, 6.45) is 0.458. The second-order valence-corrected chi connectivity index (χ2v) is 3.44. The molecule has 0 fully saturated rings. The summed E-state index contributed by atoms with van der Waals surface area (Å²) in [7, 11) is 0. The molecular weight excluding hydrogens is 216 g/mol. The van der Waals surface area contributed by atoms with Gasteiger partial charge < -0.3 is 10.4 Å². The van der Waals surface area contributed by atoms with Crippen LogP contribution in [-0.2, 0) is 4.79 Å². The Kier molecular flexibility index (Phi) is 4.37. The van der Waals surface area contributed by atoms with Crippen molar-refractivity contribution >= 4 is 11.6 Å². The van der Waals surface area contributed by atoms with E-state index in [-0.39, 0.29) is 12.3 Å². The van der Waals surface area contributed by atoms with Crippen LogP contribution in [0.1, 0.15) is 13.3 Å². The molecule has 0 bridgehead atoms. The van der Waals surface area contributed by atoms with Crippen molar-refractivity contribution in [3.63, 3.8) is 0 Å². The molecule has 0 saturated heterocycles. The number of halogens is 2. The zero-order chi connectivity index (χ0) is 12.1. The number of hydrogen-bond acceptors (Lipinski definition) is 2. The van der Waals surface area contributed by atoms with Gasteiger partial charge in [-0.05, 0) is 18.6 Å². The van der Waals surface area contributed by atoms with Gasteiger partial charge in [0.05, 0.1) is 12.5 Å². The van der Waals surface area contributed by atoms with Gasteiger partial charge >= 0.3 is 0 Å². The van der Waals surface area contributed by atoms with Crippen molar-refractivity contribution in [2.45, 2.75) is 13.3 Å². The number of amides is 1. The number of hydrogen-bond donors (Lipinski definition) is 2. The molecular formula is C11H13F2NO2. The minimum atomic E-state index is -0.757. The summed E-state index contributed by atoms with van der Waals surface area (Å²) in [4.78, 5) is 11.5. The van der Waals surface area contributed by atoms with Gasteiger partial charge in [-0.25, -0.2) is 8.78 Å². The third-order valence-corrected chi connectivity index (χ3v) is 2.21. The maximum absolute atomic E-state index is 12.8. The minimum Gasteiger partial charge on any atom is -0.396 e. The fourth-order valence-electron chi connectivity index (χ4n) is 1.27. The number of carbonyl (C=O) groups excluding carboxylic acids is 1. The normalized spacial score (nSPS) is 12.2. The lowest BCUT2D eigenvalue weighted by Crippen LogP contribution is -2.25. The molecule has 88 valence electrons. The quantitative estimate of drug-likeness (QED) is 0.828. The third kappa shape index (κ3) is 3.27. The van der Waals surface area contributed by atoms with Crippen LogP contribution in [0.25, 0.3) is 0 Å². The van der Waals surface area contributed by atoms with E-state index in [2.05, 4.69) is 5.32 Å². The van der Waals surface area contributed by atoms with Gasteiger partial charge in [-0.15, -0.1) is 0 Å². The highest BCUT2D eigenvalue weighted by molar-refractivity contribution is 5.92. The lowest BCUT2D eigenvalue weighted by Gasteiger charge is -2.12. The molecule has 1 aromatic rings.